The number of benzene rings is 1. The molecule has 2 bridgehead atoms. The number of nitrogens with zero attached hydrogens (tertiary/aromatic N) is 2. The van der Waals surface area contributed by atoms with E-state index in [-0.39, 0.29) is 23.2 Å². The van der Waals surface area contributed by atoms with Crippen LogP contribution in [0.5, 0.6) is 0 Å². The predicted octanol–water partition coefficient (Wildman–Crippen LogP) is 3.82. The van der Waals surface area contributed by atoms with Crippen LogP contribution in [0.15, 0.2) is 36.4 Å². The van der Waals surface area contributed by atoms with E-state index in [4.69, 9.17) is 9.84 Å². The molecule has 3 aliphatic heterocycles. The van der Waals surface area contributed by atoms with E-state index >= 15 is 0 Å². The molecule has 28 heavy (non-hydrogen) atoms. The Labute approximate surface area is 166 Å². The van der Waals surface area contributed by atoms with Crippen molar-refractivity contribution in [1.82, 2.24) is 4.90 Å². The zero-order chi connectivity index (χ0) is 19.7. The third-order valence-electron chi connectivity index (χ3n) is 5.40. The van der Waals surface area contributed by atoms with Crippen molar-refractivity contribution in [2.75, 3.05) is 24.5 Å². The SMILES string of the molecule is O=C(O)c1ccc(CN(C(=O)O[C@@H]2CN3CCC2CC3)c2ccccc2F)s1. The Bertz CT molecular complexity index is 879. The van der Waals surface area contributed by atoms with Gasteiger partial charge in [-0.1, -0.05) is 12.1 Å². The van der Waals surface area contributed by atoms with Crippen LogP contribution < -0.4 is 4.90 Å². The smallest absolute Gasteiger partial charge is 0.415 e. The summed E-state index contributed by atoms with van der Waals surface area (Å²) in [5, 5.41) is 9.12. The number of carboxylic acids is 1. The standard InChI is InChI=1S/C20H21FN2O4S/c21-15-3-1-2-4-16(15)23(11-14-5-6-18(28-14)19(24)25)20(26)27-17-12-22-9-7-13(17)8-10-22/h1-6,13,17H,7-12H2,(H,24,25)/t17-/m1/s1. The third kappa shape index (κ3) is 3.88. The highest BCUT2D eigenvalue weighted by molar-refractivity contribution is 7.13. The second kappa shape index (κ2) is 7.89. The molecule has 1 amide bonds. The van der Waals surface area contributed by atoms with Gasteiger partial charge in [-0.25, -0.2) is 14.0 Å². The number of anilines is 1. The van der Waals surface area contributed by atoms with Crippen molar-refractivity contribution < 1.29 is 23.8 Å². The fourth-order valence-corrected chi connectivity index (χ4v) is 4.73. The van der Waals surface area contributed by atoms with Crippen LogP contribution in [0.2, 0.25) is 0 Å². The fourth-order valence-electron chi connectivity index (χ4n) is 3.89. The Morgan fingerprint density at radius 1 is 1.21 bits per heavy atom. The van der Waals surface area contributed by atoms with E-state index in [0.717, 1.165) is 37.3 Å². The number of carbonyl (C=O) groups is 2. The van der Waals surface area contributed by atoms with Gasteiger partial charge in [0, 0.05) is 11.4 Å². The van der Waals surface area contributed by atoms with Crippen LogP contribution in [0, 0.1) is 11.7 Å². The third-order valence-corrected chi connectivity index (χ3v) is 6.46. The molecule has 3 fully saturated rings. The highest BCUT2D eigenvalue weighted by atomic mass is 32.1. The van der Waals surface area contributed by atoms with Gasteiger partial charge in [-0.2, -0.15) is 0 Å². The number of thiophene rings is 1. The summed E-state index contributed by atoms with van der Waals surface area (Å²) in [5.41, 5.74) is 0.124. The van der Waals surface area contributed by atoms with Gasteiger partial charge in [0.2, 0.25) is 0 Å². The van der Waals surface area contributed by atoms with Crippen LogP contribution in [0.25, 0.3) is 0 Å². The van der Waals surface area contributed by atoms with Gasteiger partial charge in [0.15, 0.2) is 0 Å². The number of amides is 1. The molecule has 0 spiro atoms. The fraction of sp³-hybridized carbons (Fsp3) is 0.400. The second-order valence-corrected chi connectivity index (χ2v) is 8.34. The molecule has 0 radical (unpaired) electrons. The summed E-state index contributed by atoms with van der Waals surface area (Å²) >= 11 is 1.07. The van der Waals surface area contributed by atoms with Crippen molar-refractivity contribution in [3.8, 4) is 0 Å². The van der Waals surface area contributed by atoms with E-state index in [1.54, 1.807) is 18.2 Å². The zero-order valence-corrected chi connectivity index (χ0v) is 16.0. The molecular weight excluding hydrogens is 383 g/mol. The van der Waals surface area contributed by atoms with Crippen molar-refractivity contribution in [2.24, 2.45) is 5.92 Å². The monoisotopic (exact) mass is 404 g/mol. The van der Waals surface area contributed by atoms with Gasteiger partial charge in [-0.15, -0.1) is 11.3 Å². The lowest BCUT2D eigenvalue weighted by molar-refractivity contribution is -0.0311. The van der Waals surface area contributed by atoms with E-state index in [1.807, 2.05) is 0 Å². The number of aromatic carboxylic acids is 1. The molecule has 5 rings (SSSR count). The Hall–Kier alpha value is -2.45. The lowest BCUT2D eigenvalue weighted by Crippen LogP contribution is -2.53. The van der Waals surface area contributed by atoms with Gasteiger partial charge in [0.1, 0.15) is 16.8 Å². The van der Waals surface area contributed by atoms with Gasteiger partial charge in [-0.05, 0) is 56.1 Å². The Balaban J connectivity index is 1.56. The minimum atomic E-state index is -1.02. The van der Waals surface area contributed by atoms with Crippen LogP contribution in [-0.2, 0) is 11.3 Å². The summed E-state index contributed by atoms with van der Waals surface area (Å²) < 4.78 is 20.2. The summed E-state index contributed by atoms with van der Waals surface area (Å²) in [6.07, 6.45) is 1.21. The molecular formula is C20H21FN2O4S. The van der Waals surface area contributed by atoms with Gasteiger partial charge in [0.05, 0.1) is 12.2 Å². The van der Waals surface area contributed by atoms with Gasteiger partial charge < -0.3 is 9.84 Å². The molecule has 1 aromatic carbocycles. The minimum Gasteiger partial charge on any atom is -0.477 e. The van der Waals surface area contributed by atoms with E-state index in [9.17, 15) is 14.0 Å². The first-order valence-electron chi connectivity index (χ1n) is 9.28. The maximum absolute atomic E-state index is 14.4. The average molecular weight is 404 g/mol. The number of halogens is 1. The molecule has 3 aliphatic rings. The molecule has 8 heteroatoms. The predicted molar refractivity (Wildman–Crippen MR) is 103 cm³/mol. The summed E-state index contributed by atoms with van der Waals surface area (Å²) in [4.78, 5) is 28.5. The van der Waals surface area contributed by atoms with Crippen LogP contribution in [0.4, 0.5) is 14.9 Å². The topological polar surface area (TPSA) is 70.1 Å². The molecule has 148 valence electrons. The van der Waals surface area contributed by atoms with E-state index in [1.165, 1.54) is 23.1 Å². The Morgan fingerprint density at radius 3 is 2.57 bits per heavy atom. The van der Waals surface area contributed by atoms with Gasteiger partial charge in [-0.3, -0.25) is 9.80 Å². The summed E-state index contributed by atoms with van der Waals surface area (Å²) in [7, 11) is 0. The zero-order valence-electron chi connectivity index (χ0n) is 15.2. The number of fused-ring (bicyclic) bond motifs is 3. The molecule has 6 nitrogen and oxygen atoms in total. The first kappa shape index (κ1) is 18.9. The first-order chi connectivity index (χ1) is 13.5. The van der Waals surface area contributed by atoms with Crippen molar-refractivity contribution in [1.29, 1.82) is 0 Å². The number of ether oxygens (including phenoxy) is 1. The highest BCUT2D eigenvalue weighted by Gasteiger charge is 2.37. The molecule has 0 saturated carbocycles. The van der Waals surface area contributed by atoms with E-state index in [0.29, 0.717) is 17.3 Å². The largest absolute Gasteiger partial charge is 0.477 e. The minimum absolute atomic E-state index is 0.0544. The molecule has 1 aromatic heterocycles. The number of hydrogen-bond donors (Lipinski definition) is 1. The van der Waals surface area contributed by atoms with Crippen LogP contribution in [0.3, 0.4) is 0 Å². The molecule has 4 heterocycles. The quantitative estimate of drug-likeness (QED) is 0.820. The maximum atomic E-state index is 14.4. The summed E-state index contributed by atoms with van der Waals surface area (Å²) in [6.45, 7) is 2.83. The van der Waals surface area contributed by atoms with Crippen LogP contribution in [0.1, 0.15) is 27.4 Å². The Morgan fingerprint density at radius 2 is 1.96 bits per heavy atom. The number of carboxylic acid groups (broad SMARTS) is 1. The number of carbonyl (C=O) groups excluding carboxylic acids is 1. The lowest BCUT2D eigenvalue weighted by atomic mass is 9.86. The van der Waals surface area contributed by atoms with E-state index < -0.39 is 17.9 Å². The number of rotatable bonds is 5. The first-order valence-corrected chi connectivity index (χ1v) is 10.1. The second-order valence-electron chi connectivity index (χ2n) is 7.17. The molecule has 3 saturated heterocycles. The van der Waals surface area contributed by atoms with Gasteiger partial charge in [0.25, 0.3) is 0 Å². The van der Waals surface area contributed by atoms with Crippen molar-refractivity contribution in [3.63, 3.8) is 0 Å². The molecule has 1 atom stereocenters. The molecule has 1 N–H and O–H groups in total. The number of piperidine rings is 3. The summed E-state index contributed by atoms with van der Waals surface area (Å²) in [6, 6.07) is 9.16. The van der Waals surface area contributed by atoms with Crippen LogP contribution >= 0.6 is 11.3 Å². The molecule has 0 unspecified atom stereocenters. The molecule has 0 aliphatic carbocycles. The van der Waals surface area contributed by atoms with Crippen molar-refractivity contribution in [3.05, 3.63) is 52.0 Å². The average Bonchev–Trinajstić information content (AvgIpc) is 3.17. The van der Waals surface area contributed by atoms with Crippen molar-refractivity contribution in [2.45, 2.75) is 25.5 Å². The van der Waals surface area contributed by atoms with Crippen LogP contribution in [-0.4, -0.2) is 47.8 Å². The number of hydrogen-bond acceptors (Lipinski definition) is 5. The summed E-state index contributed by atoms with van der Waals surface area (Å²) in [5.74, 6) is -1.20. The lowest BCUT2D eigenvalue weighted by Gasteiger charge is -2.44. The highest BCUT2D eigenvalue weighted by Crippen LogP contribution is 2.31. The Kier molecular flexibility index (Phi) is 5.32. The normalized spacial score (nSPS) is 23.4. The maximum Gasteiger partial charge on any atom is 0.415 e. The van der Waals surface area contributed by atoms with Crippen molar-refractivity contribution >= 4 is 29.1 Å². The van der Waals surface area contributed by atoms with E-state index in [2.05, 4.69) is 4.90 Å². The molecule has 2 aromatic rings. The number of para-hydroxylation sites is 1. The van der Waals surface area contributed by atoms with Gasteiger partial charge >= 0.3 is 12.1 Å².